The zero-order valence-corrected chi connectivity index (χ0v) is 15.2. The van der Waals surface area contributed by atoms with Crippen LogP contribution in [0.15, 0.2) is 60.8 Å². The largest absolute Gasteiger partial charge is 0.466 e. The smallest absolute Gasteiger partial charge is 0.309 e. The van der Waals surface area contributed by atoms with Gasteiger partial charge in [0.2, 0.25) is 0 Å². The van der Waals surface area contributed by atoms with Crippen LogP contribution in [0, 0.1) is 16.7 Å². The Hall–Kier alpha value is -1.83. The van der Waals surface area contributed by atoms with E-state index in [1.807, 2.05) is 13.8 Å². The molecule has 24 heavy (non-hydrogen) atoms. The number of hydrogen-bond donors (Lipinski definition) is 0. The molecular formula is C22H30O2. The lowest BCUT2D eigenvalue weighted by molar-refractivity contribution is -0.148. The molecule has 0 fully saturated rings. The maximum atomic E-state index is 11.8. The van der Waals surface area contributed by atoms with E-state index >= 15 is 0 Å². The zero-order valence-electron chi connectivity index (χ0n) is 15.2. The monoisotopic (exact) mass is 326 g/mol. The topological polar surface area (TPSA) is 26.3 Å². The fourth-order valence-corrected chi connectivity index (χ4v) is 3.10. The molecule has 0 bridgehead atoms. The van der Waals surface area contributed by atoms with Gasteiger partial charge in [-0.15, -0.1) is 0 Å². The summed E-state index contributed by atoms with van der Waals surface area (Å²) >= 11 is 0. The Morgan fingerprint density at radius 2 is 1.75 bits per heavy atom. The predicted molar refractivity (Wildman–Crippen MR) is 101 cm³/mol. The van der Waals surface area contributed by atoms with Crippen molar-refractivity contribution in [1.82, 2.24) is 0 Å². The molecule has 1 atom stereocenters. The highest BCUT2D eigenvalue weighted by Crippen LogP contribution is 2.39. The average molecular weight is 326 g/mol. The molecule has 2 aliphatic carbocycles. The molecule has 0 amide bonds. The van der Waals surface area contributed by atoms with Crippen molar-refractivity contribution in [3.63, 3.8) is 0 Å². The third-order valence-electron chi connectivity index (χ3n) is 4.85. The molecule has 2 heteroatoms. The van der Waals surface area contributed by atoms with Crippen LogP contribution in [0.5, 0.6) is 0 Å². The van der Waals surface area contributed by atoms with Gasteiger partial charge in [0.15, 0.2) is 0 Å². The Balaban J connectivity index is 1.88. The van der Waals surface area contributed by atoms with E-state index in [0.717, 1.165) is 25.7 Å². The summed E-state index contributed by atoms with van der Waals surface area (Å²) in [4.78, 5) is 11.8. The minimum atomic E-state index is -0.0777. The molecule has 1 unspecified atom stereocenters. The number of hydrogen-bond acceptors (Lipinski definition) is 2. The van der Waals surface area contributed by atoms with Gasteiger partial charge in [0, 0.05) is 10.8 Å². The van der Waals surface area contributed by atoms with E-state index in [9.17, 15) is 4.79 Å². The van der Waals surface area contributed by atoms with Crippen LogP contribution in [0.1, 0.15) is 46.5 Å². The van der Waals surface area contributed by atoms with Gasteiger partial charge in [-0.1, -0.05) is 74.6 Å². The SMILES string of the molecule is CCOC(=O)C(CC)C/C=C/CC1(C)C=CC2(C=CCC=C2)C=C1. The first kappa shape index (κ1) is 18.5. The van der Waals surface area contributed by atoms with E-state index in [1.165, 1.54) is 0 Å². The summed E-state index contributed by atoms with van der Waals surface area (Å²) in [5.41, 5.74) is 0.0329. The van der Waals surface area contributed by atoms with Gasteiger partial charge in [0.05, 0.1) is 12.5 Å². The molecule has 0 saturated heterocycles. The van der Waals surface area contributed by atoms with Crippen LogP contribution < -0.4 is 0 Å². The third kappa shape index (κ3) is 4.83. The number of rotatable bonds is 7. The highest BCUT2D eigenvalue weighted by Gasteiger charge is 2.27. The molecular weight excluding hydrogens is 296 g/mol. The number of allylic oxidation sites excluding steroid dienone is 10. The van der Waals surface area contributed by atoms with E-state index in [2.05, 4.69) is 67.7 Å². The summed E-state index contributed by atoms with van der Waals surface area (Å²) in [6.45, 7) is 6.59. The van der Waals surface area contributed by atoms with Crippen molar-refractivity contribution in [2.75, 3.05) is 6.61 Å². The standard InChI is InChI=1S/C22H30O2/c1-4-19(20(23)24-5-2)11-7-10-12-21(3)15-17-22(18-16-21)13-8-6-9-14-22/h7-10,13-19H,4-6,11-12H2,1-3H3/b10-7+. The average Bonchev–Trinajstić information content (AvgIpc) is 2.59. The van der Waals surface area contributed by atoms with E-state index in [4.69, 9.17) is 4.74 Å². The van der Waals surface area contributed by atoms with Crippen LogP contribution in [-0.4, -0.2) is 12.6 Å². The Kier molecular flexibility index (Phi) is 6.42. The number of esters is 1. The van der Waals surface area contributed by atoms with Crippen molar-refractivity contribution in [3.05, 3.63) is 60.8 Å². The van der Waals surface area contributed by atoms with Crippen LogP contribution in [-0.2, 0) is 9.53 Å². The van der Waals surface area contributed by atoms with Gasteiger partial charge in [-0.25, -0.2) is 0 Å². The van der Waals surface area contributed by atoms with Crippen molar-refractivity contribution in [3.8, 4) is 0 Å². The van der Waals surface area contributed by atoms with Crippen LogP contribution in [0.3, 0.4) is 0 Å². The molecule has 0 saturated carbocycles. The molecule has 0 radical (unpaired) electrons. The second kappa shape index (κ2) is 8.32. The van der Waals surface area contributed by atoms with Crippen molar-refractivity contribution in [2.24, 2.45) is 16.7 Å². The minimum Gasteiger partial charge on any atom is -0.466 e. The second-order valence-corrected chi connectivity index (χ2v) is 6.98. The summed E-state index contributed by atoms with van der Waals surface area (Å²) in [6.07, 6.45) is 26.0. The maximum absolute atomic E-state index is 11.8. The summed E-state index contributed by atoms with van der Waals surface area (Å²) in [5.74, 6) is -0.0987. The Morgan fingerprint density at radius 1 is 1.08 bits per heavy atom. The molecule has 0 aliphatic heterocycles. The van der Waals surface area contributed by atoms with Crippen LogP contribution in [0.2, 0.25) is 0 Å². The van der Waals surface area contributed by atoms with Gasteiger partial charge in [-0.2, -0.15) is 0 Å². The minimum absolute atomic E-state index is 0.0152. The van der Waals surface area contributed by atoms with Crippen molar-refractivity contribution in [2.45, 2.75) is 46.5 Å². The lowest BCUT2D eigenvalue weighted by Crippen LogP contribution is -2.20. The van der Waals surface area contributed by atoms with Crippen molar-refractivity contribution in [1.29, 1.82) is 0 Å². The Bertz CT molecular complexity index is 547. The summed E-state index contributed by atoms with van der Waals surface area (Å²) < 4.78 is 5.12. The van der Waals surface area contributed by atoms with Gasteiger partial charge in [0.1, 0.15) is 0 Å². The summed E-state index contributed by atoms with van der Waals surface area (Å²) in [5, 5.41) is 0. The number of carbonyl (C=O) groups excluding carboxylic acids is 1. The van der Waals surface area contributed by atoms with E-state index < -0.39 is 0 Å². The second-order valence-electron chi connectivity index (χ2n) is 6.98. The molecule has 2 nitrogen and oxygen atoms in total. The molecule has 0 aromatic heterocycles. The van der Waals surface area contributed by atoms with Crippen LogP contribution >= 0.6 is 0 Å². The van der Waals surface area contributed by atoms with E-state index in [-0.39, 0.29) is 22.7 Å². The zero-order chi connectivity index (χ0) is 17.5. The first-order valence-electron chi connectivity index (χ1n) is 9.10. The summed E-state index contributed by atoms with van der Waals surface area (Å²) in [7, 11) is 0. The van der Waals surface area contributed by atoms with Crippen LogP contribution in [0.25, 0.3) is 0 Å². The molecule has 2 aliphatic rings. The Morgan fingerprint density at radius 3 is 2.33 bits per heavy atom. The lowest BCUT2D eigenvalue weighted by atomic mass is 9.73. The Labute approximate surface area is 146 Å². The molecule has 0 heterocycles. The highest BCUT2D eigenvalue weighted by molar-refractivity contribution is 5.72. The first-order valence-corrected chi connectivity index (χ1v) is 9.10. The maximum Gasteiger partial charge on any atom is 0.309 e. The van der Waals surface area contributed by atoms with Crippen LogP contribution in [0.4, 0.5) is 0 Å². The van der Waals surface area contributed by atoms with Crippen molar-refractivity contribution < 1.29 is 9.53 Å². The molecule has 0 aromatic carbocycles. The van der Waals surface area contributed by atoms with Gasteiger partial charge in [-0.05, 0) is 32.6 Å². The molecule has 0 aromatic rings. The predicted octanol–water partition coefficient (Wildman–Crippen LogP) is 5.55. The quantitative estimate of drug-likeness (QED) is 0.453. The van der Waals surface area contributed by atoms with Gasteiger partial charge < -0.3 is 4.74 Å². The fourth-order valence-electron chi connectivity index (χ4n) is 3.10. The lowest BCUT2D eigenvalue weighted by Gasteiger charge is -2.31. The molecule has 0 N–H and O–H groups in total. The van der Waals surface area contributed by atoms with Gasteiger partial charge in [0.25, 0.3) is 0 Å². The normalized spacial score (nSPS) is 21.5. The fraction of sp³-hybridized carbons (Fsp3) is 0.500. The number of ether oxygens (including phenoxy) is 1. The van der Waals surface area contributed by atoms with E-state index in [0.29, 0.717) is 6.61 Å². The molecule has 2 rings (SSSR count). The highest BCUT2D eigenvalue weighted by atomic mass is 16.5. The van der Waals surface area contributed by atoms with Crippen molar-refractivity contribution >= 4 is 5.97 Å². The summed E-state index contributed by atoms with van der Waals surface area (Å²) in [6, 6.07) is 0. The molecule has 130 valence electrons. The third-order valence-corrected chi connectivity index (χ3v) is 4.85. The van der Waals surface area contributed by atoms with Gasteiger partial charge in [-0.3, -0.25) is 4.79 Å². The number of carbonyl (C=O) groups is 1. The van der Waals surface area contributed by atoms with E-state index in [1.54, 1.807) is 0 Å². The van der Waals surface area contributed by atoms with Gasteiger partial charge >= 0.3 is 5.97 Å². The molecule has 1 spiro atoms. The first-order chi connectivity index (χ1) is 11.5.